The largest absolute Gasteiger partial charge is 0.496 e. The van der Waals surface area contributed by atoms with Crippen LogP contribution in [0.3, 0.4) is 0 Å². The number of carbonyl (C=O) groups excluding carboxylic acids is 4. The van der Waals surface area contributed by atoms with Crippen molar-refractivity contribution in [2.24, 2.45) is 11.8 Å². The second-order valence-electron chi connectivity index (χ2n) is 13.4. The van der Waals surface area contributed by atoms with Gasteiger partial charge in [0.25, 0.3) is 0 Å². The molecule has 4 rings (SSSR count). The highest BCUT2D eigenvalue weighted by Crippen LogP contribution is 2.30. The number of ether oxygens (including phenoxy) is 2. The maximum Gasteiger partial charge on any atom is 0.247 e. The molecule has 2 aromatic rings. The number of amides is 4. The molecule has 2 aliphatic rings. The van der Waals surface area contributed by atoms with E-state index in [1.807, 2.05) is 77.0 Å². The maximum atomic E-state index is 14.4. The van der Waals surface area contributed by atoms with Crippen LogP contribution < -0.4 is 25.4 Å². The predicted octanol–water partition coefficient (Wildman–Crippen LogP) is 3.38. The molecule has 0 saturated carbocycles. The fourth-order valence-corrected chi connectivity index (χ4v) is 6.29. The van der Waals surface area contributed by atoms with Gasteiger partial charge in [0.2, 0.25) is 23.6 Å². The molecule has 6 atom stereocenters. The Morgan fingerprint density at radius 1 is 1.08 bits per heavy atom. The number of carbonyl (C=O) groups is 4. The molecule has 0 unspecified atom stereocenters. The van der Waals surface area contributed by atoms with Crippen LogP contribution in [0.2, 0.25) is 0 Å². The number of likely N-dealkylation sites (N-methyl/N-ethyl adjacent to an activating group) is 1. The van der Waals surface area contributed by atoms with Gasteiger partial charge in [0.05, 0.1) is 13.2 Å². The summed E-state index contributed by atoms with van der Waals surface area (Å²) in [5.41, 5.74) is 1.69. The van der Waals surface area contributed by atoms with E-state index in [2.05, 4.69) is 16.0 Å². The lowest BCUT2D eigenvalue weighted by atomic mass is 9.97. The van der Waals surface area contributed by atoms with Gasteiger partial charge in [0.15, 0.2) is 0 Å². The summed E-state index contributed by atoms with van der Waals surface area (Å²) in [6.45, 7) is 8.08. The van der Waals surface area contributed by atoms with Crippen molar-refractivity contribution in [1.82, 2.24) is 25.8 Å². The molecule has 0 spiro atoms. The first kappa shape index (κ1) is 36.5. The lowest BCUT2D eigenvalue weighted by Crippen LogP contribution is -2.60. The third-order valence-corrected chi connectivity index (χ3v) is 9.18. The van der Waals surface area contributed by atoms with E-state index < -0.39 is 36.2 Å². The smallest absolute Gasteiger partial charge is 0.247 e. The van der Waals surface area contributed by atoms with E-state index in [4.69, 9.17) is 9.47 Å². The molecule has 11 heteroatoms. The average molecular weight is 662 g/mol. The zero-order valence-corrected chi connectivity index (χ0v) is 29.2. The Morgan fingerprint density at radius 3 is 2.46 bits per heavy atom. The quantitative estimate of drug-likeness (QED) is 0.337. The predicted molar refractivity (Wildman–Crippen MR) is 185 cm³/mol. The summed E-state index contributed by atoms with van der Waals surface area (Å²) in [6, 6.07) is 11.8. The van der Waals surface area contributed by atoms with Crippen molar-refractivity contribution in [2.45, 2.75) is 83.6 Å². The van der Waals surface area contributed by atoms with Gasteiger partial charge in [-0.3, -0.25) is 24.1 Å². The maximum absolute atomic E-state index is 14.4. The SMILES string of the molecule is CC[C@H](C)[C@H]1NC(=O)[C@@H]2[C@H](CCN2C(=O)[C@H](CC(C)C)NC(=O)[C@H](Cc2ccccc2)N(C)C)Oc2ccc(OC)c(c2)C=CNC1=O. The summed E-state index contributed by atoms with van der Waals surface area (Å²) in [6.07, 6.45) is 4.45. The molecular weight excluding hydrogens is 610 g/mol. The van der Waals surface area contributed by atoms with E-state index in [1.165, 1.54) is 11.1 Å². The number of benzene rings is 2. The zero-order chi connectivity index (χ0) is 35.0. The van der Waals surface area contributed by atoms with Gasteiger partial charge in [-0.15, -0.1) is 0 Å². The van der Waals surface area contributed by atoms with Gasteiger partial charge < -0.3 is 30.3 Å². The summed E-state index contributed by atoms with van der Waals surface area (Å²) in [4.78, 5) is 59.2. The van der Waals surface area contributed by atoms with Crippen molar-refractivity contribution in [3.63, 3.8) is 0 Å². The van der Waals surface area contributed by atoms with Crippen molar-refractivity contribution < 1.29 is 28.7 Å². The van der Waals surface area contributed by atoms with E-state index in [9.17, 15) is 19.2 Å². The Bertz CT molecular complexity index is 1460. The molecule has 2 aliphatic heterocycles. The fourth-order valence-electron chi connectivity index (χ4n) is 6.29. The van der Waals surface area contributed by atoms with Crippen LogP contribution in [-0.4, -0.2) is 91.4 Å². The molecule has 0 aliphatic carbocycles. The van der Waals surface area contributed by atoms with Crippen LogP contribution in [0.5, 0.6) is 11.5 Å². The van der Waals surface area contributed by atoms with Crippen molar-refractivity contribution in [2.75, 3.05) is 27.7 Å². The van der Waals surface area contributed by atoms with Gasteiger partial charge in [-0.05, 0) is 68.6 Å². The minimum absolute atomic E-state index is 0.0819. The first-order valence-corrected chi connectivity index (χ1v) is 16.9. The highest BCUT2D eigenvalue weighted by atomic mass is 16.5. The van der Waals surface area contributed by atoms with E-state index in [1.54, 1.807) is 31.4 Å². The molecule has 260 valence electrons. The van der Waals surface area contributed by atoms with Gasteiger partial charge >= 0.3 is 0 Å². The number of nitrogens with zero attached hydrogens (tertiary/aromatic N) is 2. The van der Waals surface area contributed by atoms with E-state index in [0.29, 0.717) is 42.7 Å². The molecule has 2 aromatic carbocycles. The molecule has 11 nitrogen and oxygen atoms in total. The van der Waals surface area contributed by atoms with Gasteiger partial charge in [-0.1, -0.05) is 64.4 Å². The van der Waals surface area contributed by atoms with Gasteiger partial charge in [-0.25, -0.2) is 0 Å². The third kappa shape index (κ3) is 8.94. The summed E-state index contributed by atoms with van der Waals surface area (Å²) in [5, 5.41) is 8.79. The van der Waals surface area contributed by atoms with Gasteiger partial charge in [-0.2, -0.15) is 0 Å². The summed E-state index contributed by atoms with van der Waals surface area (Å²) in [7, 11) is 5.25. The standard InChI is InChI=1S/C37H51N5O6/c1-8-24(4)32-35(44)38-18-16-26-22-27(14-15-30(26)47-7)48-31-17-19-42(33(31)36(45)40-32)37(46)28(20-23(2)3)39-34(43)29(41(5)6)21-25-12-10-9-11-13-25/h9-16,18,22-24,28-29,31-33H,8,17,19-21H2,1-7H3,(H,38,44)(H,39,43)(H,40,45)/t24-,28-,29-,31-,32+,33-/m0/s1. The number of fused-ring (bicyclic) bond motifs is 3. The van der Waals surface area contributed by atoms with Crippen molar-refractivity contribution in [3.8, 4) is 11.5 Å². The molecule has 1 fully saturated rings. The van der Waals surface area contributed by atoms with Crippen LogP contribution in [0.4, 0.5) is 0 Å². The first-order valence-electron chi connectivity index (χ1n) is 16.9. The molecule has 0 radical (unpaired) electrons. The zero-order valence-electron chi connectivity index (χ0n) is 29.2. The Hall–Kier alpha value is -4.38. The van der Waals surface area contributed by atoms with E-state index >= 15 is 0 Å². The minimum Gasteiger partial charge on any atom is -0.496 e. The van der Waals surface area contributed by atoms with Crippen LogP contribution in [0.15, 0.2) is 54.7 Å². The Morgan fingerprint density at radius 2 is 1.81 bits per heavy atom. The highest BCUT2D eigenvalue weighted by Gasteiger charge is 2.46. The lowest BCUT2D eigenvalue weighted by Gasteiger charge is -2.33. The van der Waals surface area contributed by atoms with Crippen LogP contribution in [-0.2, 0) is 25.6 Å². The van der Waals surface area contributed by atoms with Crippen LogP contribution in [0.25, 0.3) is 6.08 Å². The molecule has 2 bridgehead atoms. The van der Waals surface area contributed by atoms with Crippen molar-refractivity contribution in [3.05, 3.63) is 65.9 Å². The number of rotatable bonds is 11. The van der Waals surface area contributed by atoms with E-state index in [-0.39, 0.29) is 36.1 Å². The second kappa shape index (κ2) is 16.6. The van der Waals surface area contributed by atoms with Gasteiger partial charge in [0, 0.05) is 24.7 Å². The van der Waals surface area contributed by atoms with Crippen LogP contribution in [0, 0.1) is 11.8 Å². The number of nitrogens with one attached hydrogen (secondary N) is 3. The minimum atomic E-state index is -1.03. The normalized spacial score (nSPS) is 21.4. The van der Waals surface area contributed by atoms with Gasteiger partial charge in [0.1, 0.15) is 35.7 Å². The third-order valence-electron chi connectivity index (χ3n) is 9.18. The highest BCUT2D eigenvalue weighted by molar-refractivity contribution is 5.96. The topological polar surface area (TPSA) is 129 Å². The molecule has 4 amide bonds. The Balaban J connectivity index is 1.67. The summed E-state index contributed by atoms with van der Waals surface area (Å²) >= 11 is 0. The molecule has 3 N–H and O–H groups in total. The second-order valence-corrected chi connectivity index (χ2v) is 13.4. The van der Waals surface area contributed by atoms with Crippen LogP contribution >= 0.6 is 0 Å². The first-order chi connectivity index (χ1) is 22.9. The summed E-state index contributed by atoms with van der Waals surface area (Å²) in [5.74, 6) is -0.480. The number of hydrogen-bond acceptors (Lipinski definition) is 7. The number of methoxy groups -OCH3 is 1. The van der Waals surface area contributed by atoms with E-state index in [0.717, 1.165) is 5.56 Å². The molecule has 2 heterocycles. The molecule has 48 heavy (non-hydrogen) atoms. The van der Waals surface area contributed by atoms with Crippen molar-refractivity contribution >= 4 is 29.7 Å². The Kier molecular flexibility index (Phi) is 12.6. The lowest BCUT2D eigenvalue weighted by molar-refractivity contribution is -0.144. The summed E-state index contributed by atoms with van der Waals surface area (Å²) < 4.78 is 11.9. The molecule has 1 saturated heterocycles. The number of hydrogen-bond donors (Lipinski definition) is 3. The fraction of sp³-hybridized carbons (Fsp3) is 0.514. The molecular formula is C37H51N5O6. The van der Waals surface area contributed by atoms with Crippen molar-refractivity contribution in [1.29, 1.82) is 0 Å². The molecule has 0 aromatic heterocycles. The average Bonchev–Trinajstić information content (AvgIpc) is 3.48. The number of likely N-dealkylation sites (tertiary alicyclic amines) is 1. The van der Waals surface area contributed by atoms with Crippen LogP contribution in [0.1, 0.15) is 58.1 Å². The monoisotopic (exact) mass is 661 g/mol. The Labute approximate surface area is 284 Å².